The first kappa shape index (κ1) is 19.3. The molecule has 0 aliphatic carbocycles. The van der Waals surface area contributed by atoms with Crippen molar-refractivity contribution in [1.29, 1.82) is 0 Å². The molecule has 0 aliphatic rings. The van der Waals surface area contributed by atoms with Crippen molar-refractivity contribution < 1.29 is 8.78 Å². The van der Waals surface area contributed by atoms with Gasteiger partial charge in [0.1, 0.15) is 11.6 Å². The first-order valence-electron chi connectivity index (χ1n) is 7.11. The van der Waals surface area contributed by atoms with Gasteiger partial charge in [-0.1, -0.05) is 24.3 Å². The lowest BCUT2D eigenvalue weighted by Crippen LogP contribution is -2.37. The zero-order valence-corrected chi connectivity index (χ0v) is 15.2. The van der Waals surface area contributed by atoms with Crippen LogP contribution in [0.15, 0.2) is 53.5 Å². The fourth-order valence-corrected chi connectivity index (χ4v) is 2.07. The number of aliphatic imine (C=N–C) groups is 1. The first-order chi connectivity index (χ1) is 10.7. The van der Waals surface area contributed by atoms with Crippen LogP contribution in [0.4, 0.5) is 8.78 Å². The summed E-state index contributed by atoms with van der Waals surface area (Å²) >= 11 is 0. The van der Waals surface area contributed by atoms with E-state index in [1.54, 1.807) is 19.2 Å². The summed E-state index contributed by atoms with van der Waals surface area (Å²) in [6, 6.07) is 12.9. The average molecular weight is 431 g/mol. The van der Waals surface area contributed by atoms with E-state index in [1.807, 2.05) is 12.1 Å². The van der Waals surface area contributed by atoms with Crippen molar-refractivity contribution in [1.82, 2.24) is 10.6 Å². The minimum atomic E-state index is -0.256. The molecule has 0 saturated heterocycles. The topological polar surface area (TPSA) is 36.4 Å². The van der Waals surface area contributed by atoms with E-state index in [2.05, 4.69) is 15.6 Å². The van der Waals surface area contributed by atoms with Gasteiger partial charge in [-0.2, -0.15) is 0 Å². The van der Waals surface area contributed by atoms with Crippen LogP contribution in [0.2, 0.25) is 0 Å². The largest absolute Gasteiger partial charge is 0.356 e. The molecule has 6 heteroatoms. The molecule has 0 saturated carbocycles. The lowest BCUT2D eigenvalue weighted by Gasteiger charge is -2.12. The predicted octanol–water partition coefficient (Wildman–Crippen LogP) is 3.49. The Morgan fingerprint density at radius 3 is 2.17 bits per heavy atom. The van der Waals surface area contributed by atoms with Crippen molar-refractivity contribution in [2.24, 2.45) is 4.99 Å². The molecule has 2 aromatic carbocycles. The van der Waals surface area contributed by atoms with E-state index in [9.17, 15) is 8.78 Å². The SMILES string of the molecule is CN=C(NCCc1cccc(F)c1)NCc1cccc(F)c1.I. The van der Waals surface area contributed by atoms with Crippen LogP contribution in [-0.2, 0) is 13.0 Å². The molecule has 0 aliphatic heterocycles. The van der Waals surface area contributed by atoms with Gasteiger partial charge in [-0.3, -0.25) is 4.99 Å². The maximum absolute atomic E-state index is 13.1. The fraction of sp³-hybridized carbons (Fsp3) is 0.235. The van der Waals surface area contributed by atoms with E-state index in [4.69, 9.17) is 0 Å². The van der Waals surface area contributed by atoms with E-state index < -0.39 is 0 Å². The Kier molecular flexibility index (Phi) is 8.53. The van der Waals surface area contributed by atoms with Crippen molar-refractivity contribution in [3.63, 3.8) is 0 Å². The summed E-state index contributed by atoms with van der Waals surface area (Å²) < 4.78 is 26.2. The Hall–Kier alpha value is -1.70. The van der Waals surface area contributed by atoms with E-state index in [0.29, 0.717) is 25.5 Å². The molecular formula is C17H20F2IN3. The summed E-state index contributed by atoms with van der Waals surface area (Å²) in [6.45, 7) is 1.11. The quantitative estimate of drug-likeness (QED) is 0.432. The van der Waals surface area contributed by atoms with Gasteiger partial charge in [0.2, 0.25) is 0 Å². The molecule has 0 bridgehead atoms. The Morgan fingerprint density at radius 2 is 1.57 bits per heavy atom. The second kappa shape index (κ2) is 10.1. The normalized spacial score (nSPS) is 10.8. The van der Waals surface area contributed by atoms with Crippen molar-refractivity contribution in [3.8, 4) is 0 Å². The third kappa shape index (κ3) is 6.94. The van der Waals surface area contributed by atoms with Crippen LogP contribution in [0, 0.1) is 11.6 Å². The molecule has 0 radical (unpaired) electrons. The van der Waals surface area contributed by atoms with Gasteiger partial charge in [0.25, 0.3) is 0 Å². The lowest BCUT2D eigenvalue weighted by atomic mass is 10.1. The van der Waals surface area contributed by atoms with Gasteiger partial charge in [0, 0.05) is 20.1 Å². The molecule has 3 nitrogen and oxygen atoms in total. The summed E-state index contributed by atoms with van der Waals surface area (Å²) in [7, 11) is 1.67. The van der Waals surface area contributed by atoms with E-state index in [1.165, 1.54) is 24.3 Å². The number of rotatable bonds is 5. The van der Waals surface area contributed by atoms with Crippen LogP contribution in [0.25, 0.3) is 0 Å². The second-order valence-corrected chi connectivity index (χ2v) is 4.86. The molecule has 0 heterocycles. The molecule has 0 atom stereocenters. The smallest absolute Gasteiger partial charge is 0.191 e. The van der Waals surface area contributed by atoms with E-state index >= 15 is 0 Å². The lowest BCUT2D eigenvalue weighted by molar-refractivity contribution is 0.623. The molecule has 23 heavy (non-hydrogen) atoms. The molecule has 0 unspecified atom stereocenters. The fourth-order valence-electron chi connectivity index (χ4n) is 2.07. The molecule has 0 spiro atoms. The number of halogens is 3. The van der Waals surface area contributed by atoms with Gasteiger partial charge in [0.15, 0.2) is 5.96 Å². The minimum absolute atomic E-state index is 0. The molecule has 0 aromatic heterocycles. The van der Waals surface area contributed by atoms with Crippen LogP contribution in [0.1, 0.15) is 11.1 Å². The highest BCUT2D eigenvalue weighted by molar-refractivity contribution is 14.0. The van der Waals surface area contributed by atoms with Crippen LogP contribution in [0.5, 0.6) is 0 Å². The van der Waals surface area contributed by atoms with Gasteiger partial charge < -0.3 is 10.6 Å². The zero-order valence-electron chi connectivity index (χ0n) is 12.9. The summed E-state index contributed by atoms with van der Waals surface area (Å²) in [6.07, 6.45) is 0.693. The average Bonchev–Trinajstić information content (AvgIpc) is 2.51. The number of benzene rings is 2. The number of hydrogen-bond donors (Lipinski definition) is 2. The predicted molar refractivity (Wildman–Crippen MR) is 100 cm³/mol. The minimum Gasteiger partial charge on any atom is -0.356 e. The summed E-state index contributed by atoms with van der Waals surface area (Å²) in [5.74, 6) is 0.139. The van der Waals surface area contributed by atoms with E-state index in [-0.39, 0.29) is 35.6 Å². The molecule has 124 valence electrons. The third-order valence-corrected chi connectivity index (χ3v) is 3.17. The molecule has 0 fully saturated rings. The van der Waals surface area contributed by atoms with Gasteiger partial charge in [-0.25, -0.2) is 8.78 Å². The zero-order chi connectivity index (χ0) is 15.8. The maximum Gasteiger partial charge on any atom is 0.191 e. The monoisotopic (exact) mass is 431 g/mol. The number of nitrogens with zero attached hydrogens (tertiary/aromatic N) is 1. The number of nitrogens with one attached hydrogen (secondary N) is 2. The van der Waals surface area contributed by atoms with Crippen LogP contribution in [0.3, 0.4) is 0 Å². The standard InChI is InChI=1S/C17H19F2N3.HI/c1-20-17(22-12-14-5-3-7-16(19)11-14)21-9-8-13-4-2-6-15(18)10-13;/h2-7,10-11H,8-9,12H2,1H3,(H2,20,21,22);1H. The molecule has 2 aromatic rings. The third-order valence-electron chi connectivity index (χ3n) is 3.17. The molecule has 0 amide bonds. The second-order valence-electron chi connectivity index (χ2n) is 4.86. The Balaban J connectivity index is 0.00000264. The van der Waals surface area contributed by atoms with Gasteiger partial charge in [0.05, 0.1) is 0 Å². The highest BCUT2D eigenvalue weighted by Crippen LogP contribution is 2.04. The Morgan fingerprint density at radius 1 is 0.957 bits per heavy atom. The van der Waals surface area contributed by atoms with Gasteiger partial charge in [-0.05, 0) is 41.8 Å². The Labute approximate surface area is 152 Å². The van der Waals surface area contributed by atoms with Crippen molar-refractivity contribution >= 4 is 29.9 Å². The summed E-state index contributed by atoms with van der Waals surface area (Å²) in [5.41, 5.74) is 1.76. The highest BCUT2D eigenvalue weighted by atomic mass is 127. The molecule has 2 rings (SSSR count). The number of guanidine groups is 1. The van der Waals surface area contributed by atoms with Gasteiger partial charge in [-0.15, -0.1) is 24.0 Å². The summed E-state index contributed by atoms with van der Waals surface area (Å²) in [5, 5.41) is 6.25. The first-order valence-corrected chi connectivity index (χ1v) is 7.11. The van der Waals surface area contributed by atoms with Crippen LogP contribution < -0.4 is 10.6 Å². The van der Waals surface area contributed by atoms with Crippen LogP contribution >= 0.6 is 24.0 Å². The maximum atomic E-state index is 13.1. The van der Waals surface area contributed by atoms with Crippen molar-refractivity contribution in [3.05, 3.63) is 71.3 Å². The van der Waals surface area contributed by atoms with Crippen molar-refractivity contribution in [2.75, 3.05) is 13.6 Å². The molecule has 2 N–H and O–H groups in total. The number of hydrogen-bond acceptors (Lipinski definition) is 1. The summed E-state index contributed by atoms with van der Waals surface area (Å²) in [4.78, 5) is 4.10. The molecular weight excluding hydrogens is 411 g/mol. The Bertz CT molecular complexity index is 647. The van der Waals surface area contributed by atoms with E-state index in [0.717, 1.165) is 11.1 Å². The van der Waals surface area contributed by atoms with Crippen molar-refractivity contribution in [2.45, 2.75) is 13.0 Å². The van der Waals surface area contributed by atoms with Gasteiger partial charge >= 0.3 is 0 Å². The highest BCUT2D eigenvalue weighted by Gasteiger charge is 2.00. The van der Waals surface area contributed by atoms with Crippen LogP contribution in [-0.4, -0.2) is 19.6 Å².